The summed E-state index contributed by atoms with van der Waals surface area (Å²) in [6.45, 7) is 6.59. The number of nitrogens with zero attached hydrogens (tertiary/aromatic N) is 1. The lowest BCUT2D eigenvalue weighted by atomic mass is 10.1. The van der Waals surface area contributed by atoms with Crippen LogP contribution < -0.4 is 5.73 Å². The first kappa shape index (κ1) is 14.6. The number of hydrogen-bond acceptors (Lipinski definition) is 2. The summed E-state index contributed by atoms with van der Waals surface area (Å²) >= 11 is 0. The number of rotatable bonds is 6. The molecule has 0 aliphatic rings. The number of anilines is 1. The van der Waals surface area contributed by atoms with Gasteiger partial charge in [0.25, 0.3) is 0 Å². The molecular weight excluding hydrogens is 244 g/mol. The minimum Gasteiger partial charge on any atom is -0.399 e. The number of hydrogen-bond donors (Lipinski definition) is 1. The molecule has 0 fully saturated rings. The van der Waals surface area contributed by atoms with Gasteiger partial charge in [0, 0.05) is 24.8 Å². The first-order chi connectivity index (χ1) is 9.65. The van der Waals surface area contributed by atoms with Crippen LogP contribution >= 0.6 is 0 Å². The van der Waals surface area contributed by atoms with E-state index in [0.29, 0.717) is 6.04 Å². The zero-order chi connectivity index (χ0) is 14.4. The third-order valence-corrected chi connectivity index (χ3v) is 3.63. The van der Waals surface area contributed by atoms with Crippen molar-refractivity contribution in [3.8, 4) is 0 Å². The summed E-state index contributed by atoms with van der Waals surface area (Å²) in [5.74, 6) is 0. The monoisotopic (exact) mass is 268 g/mol. The first-order valence-corrected chi connectivity index (χ1v) is 7.27. The molecule has 2 rings (SSSR count). The van der Waals surface area contributed by atoms with E-state index in [2.05, 4.69) is 61.2 Å². The van der Waals surface area contributed by atoms with Crippen molar-refractivity contribution in [1.82, 2.24) is 4.90 Å². The Morgan fingerprint density at radius 3 is 2.15 bits per heavy atom. The lowest BCUT2D eigenvalue weighted by molar-refractivity contribution is 0.215. The van der Waals surface area contributed by atoms with E-state index < -0.39 is 0 Å². The molecule has 2 N–H and O–H groups in total. The van der Waals surface area contributed by atoms with Gasteiger partial charge in [0.2, 0.25) is 0 Å². The van der Waals surface area contributed by atoms with Crippen LogP contribution in [0.15, 0.2) is 54.6 Å². The van der Waals surface area contributed by atoms with Gasteiger partial charge in [-0.05, 0) is 43.5 Å². The summed E-state index contributed by atoms with van der Waals surface area (Å²) < 4.78 is 0. The zero-order valence-corrected chi connectivity index (χ0v) is 12.4. The van der Waals surface area contributed by atoms with Crippen LogP contribution in [0.5, 0.6) is 0 Å². The lowest BCUT2D eigenvalue weighted by Crippen LogP contribution is -2.32. The Bertz CT molecular complexity index is 503. The highest BCUT2D eigenvalue weighted by molar-refractivity contribution is 5.39. The van der Waals surface area contributed by atoms with E-state index in [9.17, 15) is 0 Å². The number of nitrogens with two attached hydrogens (primary N) is 1. The predicted molar refractivity (Wildman–Crippen MR) is 86.5 cm³/mol. The Morgan fingerprint density at radius 2 is 1.55 bits per heavy atom. The van der Waals surface area contributed by atoms with Gasteiger partial charge >= 0.3 is 0 Å². The van der Waals surface area contributed by atoms with Crippen molar-refractivity contribution in [2.75, 3.05) is 12.3 Å². The van der Waals surface area contributed by atoms with Gasteiger partial charge < -0.3 is 5.73 Å². The lowest BCUT2D eigenvalue weighted by Gasteiger charge is -2.26. The highest BCUT2D eigenvalue weighted by Crippen LogP contribution is 2.11. The quantitative estimate of drug-likeness (QED) is 0.809. The molecule has 2 aromatic carbocycles. The maximum absolute atomic E-state index is 5.72. The van der Waals surface area contributed by atoms with Crippen molar-refractivity contribution in [1.29, 1.82) is 0 Å². The SMILES string of the molecule is CC(C)N(CCc1ccc(N)cc1)Cc1ccccc1. The van der Waals surface area contributed by atoms with Crippen LogP contribution in [0, 0.1) is 0 Å². The Kier molecular flexibility index (Phi) is 5.19. The molecule has 0 amide bonds. The Morgan fingerprint density at radius 1 is 0.900 bits per heavy atom. The van der Waals surface area contributed by atoms with E-state index in [1.165, 1.54) is 11.1 Å². The Hall–Kier alpha value is -1.80. The van der Waals surface area contributed by atoms with Crippen molar-refractivity contribution < 1.29 is 0 Å². The second kappa shape index (κ2) is 7.11. The molecule has 0 saturated heterocycles. The molecule has 0 aliphatic carbocycles. The van der Waals surface area contributed by atoms with Crippen molar-refractivity contribution in [2.24, 2.45) is 0 Å². The largest absolute Gasteiger partial charge is 0.399 e. The zero-order valence-electron chi connectivity index (χ0n) is 12.4. The summed E-state index contributed by atoms with van der Waals surface area (Å²) in [5, 5.41) is 0. The van der Waals surface area contributed by atoms with Gasteiger partial charge in [0.1, 0.15) is 0 Å². The fraction of sp³-hybridized carbons (Fsp3) is 0.333. The topological polar surface area (TPSA) is 29.3 Å². The molecule has 0 heterocycles. The van der Waals surface area contributed by atoms with Crippen molar-refractivity contribution in [3.05, 3.63) is 65.7 Å². The second-order valence-corrected chi connectivity index (χ2v) is 5.54. The normalized spacial score (nSPS) is 11.2. The van der Waals surface area contributed by atoms with Crippen LogP contribution in [0.2, 0.25) is 0 Å². The van der Waals surface area contributed by atoms with Gasteiger partial charge in [0.15, 0.2) is 0 Å². The van der Waals surface area contributed by atoms with Crippen LogP contribution in [0.1, 0.15) is 25.0 Å². The molecule has 0 spiro atoms. The van der Waals surface area contributed by atoms with E-state index in [1.807, 2.05) is 12.1 Å². The Balaban J connectivity index is 1.94. The summed E-state index contributed by atoms with van der Waals surface area (Å²) in [6.07, 6.45) is 1.06. The number of benzene rings is 2. The molecule has 0 bridgehead atoms. The molecule has 0 aliphatic heterocycles. The molecule has 2 aromatic rings. The van der Waals surface area contributed by atoms with E-state index >= 15 is 0 Å². The van der Waals surface area contributed by atoms with Gasteiger partial charge in [0.05, 0.1) is 0 Å². The van der Waals surface area contributed by atoms with Gasteiger partial charge in [-0.1, -0.05) is 42.5 Å². The van der Waals surface area contributed by atoms with Crippen LogP contribution in [0.25, 0.3) is 0 Å². The molecule has 2 heteroatoms. The van der Waals surface area contributed by atoms with Gasteiger partial charge in [-0.15, -0.1) is 0 Å². The number of nitrogen functional groups attached to an aromatic ring is 1. The smallest absolute Gasteiger partial charge is 0.0314 e. The molecule has 106 valence electrons. The fourth-order valence-corrected chi connectivity index (χ4v) is 2.29. The summed E-state index contributed by atoms with van der Waals surface area (Å²) in [7, 11) is 0. The first-order valence-electron chi connectivity index (χ1n) is 7.27. The molecule has 0 radical (unpaired) electrons. The summed E-state index contributed by atoms with van der Waals surface area (Å²) in [4.78, 5) is 2.51. The van der Waals surface area contributed by atoms with Crippen LogP contribution in [0.4, 0.5) is 5.69 Å². The third-order valence-electron chi connectivity index (χ3n) is 3.63. The summed E-state index contributed by atoms with van der Waals surface area (Å²) in [5.41, 5.74) is 9.27. The van der Waals surface area contributed by atoms with E-state index in [4.69, 9.17) is 5.73 Å². The minimum absolute atomic E-state index is 0.545. The third kappa shape index (κ3) is 4.39. The van der Waals surface area contributed by atoms with Crippen LogP contribution in [0.3, 0.4) is 0 Å². The highest BCUT2D eigenvalue weighted by Gasteiger charge is 2.10. The van der Waals surface area contributed by atoms with E-state index in [0.717, 1.165) is 25.2 Å². The van der Waals surface area contributed by atoms with Gasteiger partial charge in [-0.2, -0.15) is 0 Å². The molecule has 0 atom stereocenters. The predicted octanol–water partition coefficient (Wildman–Crippen LogP) is 3.72. The van der Waals surface area contributed by atoms with Gasteiger partial charge in [-0.25, -0.2) is 0 Å². The van der Waals surface area contributed by atoms with Crippen molar-refractivity contribution in [3.63, 3.8) is 0 Å². The molecule has 0 saturated carbocycles. The van der Waals surface area contributed by atoms with E-state index in [-0.39, 0.29) is 0 Å². The van der Waals surface area contributed by atoms with Crippen molar-refractivity contribution in [2.45, 2.75) is 32.9 Å². The maximum Gasteiger partial charge on any atom is 0.0314 e. The maximum atomic E-state index is 5.72. The van der Waals surface area contributed by atoms with Gasteiger partial charge in [-0.3, -0.25) is 4.90 Å². The molecule has 0 aromatic heterocycles. The average Bonchev–Trinajstić information content (AvgIpc) is 2.46. The molecule has 2 nitrogen and oxygen atoms in total. The fourth-order valence-electron chi connectivity index (χ4n) is 2.29. The summed E-state index contributed by atoms with van der Waals surface area (Å²) in [6, 6.07) is 19.4. The van der Waals surface area contributed by atoms with E-state index in [1.54, 1.807) is 0 Å². The standard InChI is InChI=1S/C18H24N2/c1-15(2)20(14-17-6-4-3-5-7-17)13-12-16-8-10-18(19)11-9-16/h3-11,15H,12-14,19H2,1-2H3. The Labute approximate surface area is 122 Å². The molecular formula is C18H24N2. The second-order valence-electron chi connectivity index (χ2n) is 5.54. The minimum atomic E-state index is 0.545. The molecule has 0 unspecified atom stereocenters. The highest BCUT2D eigenvalue weighted by atomic mass is 15.1. The average molecular weight is 268 g/mol. The van der Waals surface area contributed by atoms with Crippen molar-refractivity contribution >= 4 is 5.69 Å². The van der Waals surface area contributed by atoms with Crippen LogP contribution in [-0.2, 0) is 13.0 Å². The van der Waals surface area contributed by atoms with Crippen LogP contribution in [-0.4, -0.2) is 17.5 Å². The molecule has 20 heavy (non-hydrogen) atoms.